The number of halogens is 1. The second-order valence-corrected chi connectivity index (χ2v) is 0.838. The molecule has 1 fully saturated rings. The zero-order valence-corrected chi connectivity index (χ0v) is 8.45. The number of hydrogen-bond donors (Lipinski definition) is 0. The summed E-state index contributed by atoms with van der Waals surface area (Å²) in [6.45, 7) is 2.81. The van der Waals surface area contributed by atoms with E-state index in [1.54, 1.807) is 0 Å². The van der Waals surface area contributed by atoms with Crippen LogP contribution in [0.4, 0.5) is 0 Å². The number of rotatable bonds is 0. The third-order valence-electron chi connectivity index (χ3n) is 0.455. The van der Waals surface area contributed by atoms with Crippen LogP contribution in [0.15, 0.2) is 0 Å². The summed E-state index contributed by atoms with van der Waals surface area (Å²) in [6.07, 6.45) is 0. The average molecular weight is 218 g/mol. The van der Waals surface area contributed by atoms with Gasteiger partial charge in [0.25, 0.3) is 0 Å². The van der Waals surface area contributed by atoms with E-state index in [-0.39, 0.29) is 36.5 Å². The molecule has 0 unspecified atom stereocenters. The summed E-state index contributed by atoms with van der Waals surface area (Å²) in [5.41, 5.74) is 0. The molecule has 0 saturated carbocycles. The normalized spacial score (nSPS) is 17.1. The summed E-state index contributed by atoms with van der Waals surface area (Å²) in [5, 5.41) is 0. The van der Waals surface area contributed by atoms with Gasteiger partial charge in [-0.05, 0) is 0 Å². The molecule has 0 aromatic carbocycles. The fourth-order valence-corrected chi connectivity index (χ4v) is 0.241. The first-order chi connectivity index (χ1) is 2.50. The zero-order chi connectivity index (χ0) is 3.54. The van der Waals surface area contributed by atoms with Gasteiger partial charge in [-0.2, -0.15) is 0 Å². The molecule has 7 heavy (non-hydrogen) atoms. The predicted octanol–water partition coefficient (Wildman–Crippen LogP) is -2.85. The molecule has 1 radical (unpaired) electrons. The molecule has 0 atom stereocenters. The fraction of sp³-hybridized carbons (Fsp3) is 0.667. The van der Waals surface area contributed by atoms with Crippen LogP contribution in [0.3, 0.4) is 0 Å². The first-order valence-corrected chi connectivity index (χ1v) is 1.55. The Hall–Kier alpha value is 1.02. The Bertz CT molecular complexity index is 24.5. The molecule has 0 spiro atoms. The van der Waals surface area contributed by atoms with Crippen molar-refractivity contribution in [2.75, 3.05) is 13.2 Å². The Morgan fingerprint density at radius 1 is 1.14 bits per heavy atom. The van der Waals surface area contributed by atoms with E-state index in [4.69, 9.17) is 0 Å². The van der Waals surface area contributed by atoms with Gasteiger partial charge in [-0.25, -0.2) is 0 Å². The van der Waals surface area contributed by atoms with E-state index in [1.165, 1.54) is 6.79 Å². The van der Waals surface area contributed by atoms with Crippen molar-refractivity contribution in [2.24, 2.45) is 0 Å². The van der Waals surface area contributed by atoms with E-state index in [0.29, 0.717) is 0 Å². The second kappa shape index (κ2) is 7.02. The van der Waals surface area contributed by atoms with Crippen molar-refractivity contribution in [3.63, 3.8) is 0 Å². The van der Waals surface area contributed by atoms with Gasteiger partial charge in [0.1, 0.15) is 0 Å². The van der Waals surface area contributed by atoms with Crippen LogP contribution in [0.2, 0.25) is 0 Å². The van der Waals surface area contributed by atoms with Crippen LogP contribution in [0, 0.1) is 6.79 Å². The van der Waals surface area contributed by atoms with E-state index >= 15 is 0 Å². The summed E-state index contributed by atoms with van der Waals surface area (Å²) in [7, 11) is 0. The van der Waals surface area contributed by atoms with Crippen LogP contribution in [-0.2, 0) is 29.0 Å². The molecule has 0 aromatic heterocycles. The van der Waals surface area contributed by atoms with Crippen molar-refractivity contribution in [1.29, 1.82) is 0 Å². The third kappa shape index (κ3) is 4.88. The summed E-state index contributed by atoms with van der Waals surface area (Å²) in [6, 6.07) is 0. The minimum absolute atomic E-state index is 0. The molecule has 1 aliphatic rings. The SMILES string of the molecule is [Br-].[CH]1OCCO1.[Zn]. The first-order valence-electron chi connectivity index (χ1n) is 1.55. The third-order valence-corrected chi connectivity index (χ3v) is 0.455. The van der Waals surface area contributed by atoms with Gasteiger partial charge in [0.15, 0.2) is 0 Å². The van der Waals surface area contributed by atoms with Gasteiger partial charge >= 0.3 is 0 Å². The molecule has 1 aliphatic heterocycles. The largest absolute Gasteiger partial charge is 1.00 e. The first kappa shape index (κ1) is 10.9. The van der Waals surface area contributed by atoms with Crippen LogP contribution in [0.5, 0.6) is 0 Å². The molecule has 39 valence electrons. The Labute approximate surface area is 66.1 Å². The van der Waals surface area contributed by atoms with Crippen LogP contribution in [0.25, 0.3) is 0 Å². The smallest absolute Gasteiger partial charge is 0.209 e. The van der Waals surface area contributed by atoms with Gasteiger partial charge in [-0.1, -0.05) is 0 Å². The second-order valence-electron chi connectivity index (χ2n) is 0.838. The molecule has 0 N–H and O–H groups in total. The molecule has 4 heteroatoms. The van der Waals surface area contributed by atoms with Crippen molar-refractivity contribution in [1.82, 2.24) is 0 Å². The van der Waals surface area contributed by atoms with Crippen LogP contribution in [0.1, 0.15) is 0 Å². The molecule has 0 aromatic rings. The molecule has 2 nitrogen and oxygen atoms in total. The minimum Gasteiger partial charge on any atom is -1.00 e. The van der Waals surface area contributed by atoms with Crippen LogP contribution in [-0.4, -0.2) is 13.2 Å². The molecular formula is C3H5BrO2Zn-. The molecule has 1 rings (SSSR count). The quantitative estimate of drug-likeness (QED) is 0.408. The summed E-state index contributed by atoms with van der Waals surface area (Å²) < 4.78 is 9.19. The van der Waals surface area contributed by atoms with Crippen molar-refractivity contribution in [3.8, 4) is 0 Å². The van der Waals surface area contributed by atoms with Gasteiger partial charge < -0.3 is 26.5 Å². The van der Waals surface area contributed by atoms with E-state index in [0.717, 1.165) is 13.2 Å². The average Bonchev–Trinajstić information content (AvgIpc) is 1.76. The van der Waals surface area contributed by atoms with Crippen molar-refractivity contribution in [3.05, 3.63) is 6.79 Å². The van der Waals surface area contributed by atoms with E-state index < -0.39 is 0 Å². The van der Waals surface area contributed by atoms with Crippen molar-refractivity contribution >= 4 is 0 Å². The zero-order valence-electron chi connectivity index (χ0n) is 3.89. The number of ether oxygens (including phenoxy) is 2. The molecule has 0 aliphatic carbocycles. The van der Waals surface area contributed by atoms with Gasteiger partial charge in [0, 0.05) is 19.5 Å². The topological polar surface area (TPSA) is 18.5 Å². The van der Waals surface area contributed by atoms with Crippen LogP contribution >= 0.6 is 0 Å². The minimum atomic E-state index is 0. The van der Waals surface area contributed by atoms with Gasteiger partial charge in [-0.15, -0.1) is 0 Å². The Morgan fingerprint density at radius 2 is 1.57 bits per heavy atom. The molecule has 0 amide bonds. The Balaban J connectivity index is 0. The van der Waals surface area contributed by atoms with E-state index in [2.05, 4.69) is 9.47 Å². The van der Waals surface area contributed by atoms with Crippen molar-refractivity contribution in [2.45, 2.75) is 0 Å². The van der Waals surface area contributed by atoms with Gasteiger partial charge in [-0.3, -0.25) is 0 Å². The molecular weight excluding hydrogens is 213 g/mol. The molecule has 1 heterocycles. The van der Waals surface area contributed by atoms with E-state index in [9.17, 15) is 0 Å². The van der Waals surface area contributed by atoms with E-state index in [1.807, 2.05) is 0 Å². The Morgan fingerprint density at radius 3 is 1.71 bits per heavy atom. The summed E-state index contributed by atoms with van der Waals surface area (Å²) >= 11 is 0. The van der Waals surface area contributed by atoms with Crippen molar-refractivity contribution < 1.29 is 45.9 Å². The predicted molar refractivity (Wildman–Crippen MR) is 16.2 cm³/mol. The van der Waals surface area contributed by atoms with Gasteiger partial charge in [0.2, 0.25) is 6.79 Å². The standard InChI is InChI=1S/C3H5O2.BrH.Zn/c1-2-5-3-4-1;;/h3H,1-2H2;1H;/p-1. The van der Waals surface area contributed by atoms with Crippen LogP contribution < -0.4 is 17.0 Å². The Kier molecular flexibility index (Phi) is 10.9. The maximum Gasteiger partial charge on any atom is 0.209 e. The molecule has 0 bridgehead atoms. The fourth-order valence-electron chi connectivity index (χ4n) is 0.241. The number of hydrogen-bond acceptors (Lipinski definition) is 2. The maximum atomic E-state index is 4.60. The van der Waals surface area contributed by atoms with Gasteiger partial charge in [0.05, 0.1) is 13.2 Å². The monoisotopic (exact) mass is 216 g/mol. The summed E-state index contributed by atoms with van der Waals surface area (Å²) in [5.74, 6) is 0. The molecule has 1 saturated heterocycles. The summed E-state index contributed by atoms with van der Waals surface area (Å²) in [4.78, 5) is 0. The maximum absolute atomic E-state index is 4.60.